The molecule has 1 aliphatic rings. The molecule has 132 valence electrons. The highest BCUT2D eigenvalue weighted by Gasteiger charge is 2.19. The van der Waals surface area contributed by atoms with Crippen LogP contribution in [0.4, 0.5) is 5.69 Å². The fraction of sp³-hybridized carbons (Fsp3) is 0.350. The summed E-state index contributed by atoms with van der Waals surface area (Å²) < 4.78 is 11.0. The van der Waals surface area contributed by atoms with Crippen LogP contribution in [0.5, 0.6) is 5.75 Å². The summed E-state index contributed by atoms with van der Waals surface area (Å²) >= 11 is 0. The molecule has 0 bridgehead atoms. The number of nitrogens with one attached hydrogen (secondary N) is 1. The van der Waals surface area contributed by atoms with E-state index in [0.29, 0.717) is 6.42 Å². The average molecular weight is 340 g/mol. The molecule has 0 aromatic heterocycles. The zero-order valence-electron chi connectivity index (χ0n) is 14.7. The third kappa shape index (κ3) is 4.81. The van der Waals surface area contributed by atoms with Gasteiger partial charge in [-0.05, 0) is 42.4 Å². The minimum absolute atomic E-state index is 0.0466. The third-order valence-corrected chi connectivity index (χ3v) is 4.33. The second-order valence-corrected chi connectivity index (χ2v) is 6.32. The van der Waals surface area contributed by atoms with E-state index in [4.69, 9.17) is 9.47 Å². The number of carbonyl (C=O) groups is 1. The normalized spacial score (nSPS) is 17.9. The Morgan fingerprint density at radius 2 is 2.08 bits per heavy atom. The number of hydrogen-bond donors (Lipinski definition) is 1. The van der Waals surface area contributed by atoms with Gasteiger partial charge in [0.05, 0.1) is 26.2 Å². The van der Waals surface area contributed by atoms with Gasteiger partial charge in [-0.3, -0.25) is 4.79 Å². The van der Waals surface area contributed by atoms with Crippen LogP contribution in [0.1, 0.15) is 17.2 Å². The first-order chi connectivity index (χ1) is 12.1. The lowest BCUT2D eigenvalue weighted by molar-refractivity contribution is -0.115. The summed E-state index contributed by atoms with van der Waals surface area (Å²) in [4.78, 5) is 14.5. The molecule has 1 atom stereocenters. The van der Waals surface area contributed by atoms with Gasteiger partial charge in [-0.2, -0.15) is 0 Å². The van der Waals surface area contributed by atoms with Crippen LogP contribution in [0, 0.1) is 0 Å². The van der Waals surface area contributed by atoms with E-state index in [1.165, 1.54) is 0 Å². The molecule has 0 spiro atoms. The van der Waals surface area contributed by atoms with E-state index in [2.05, 4.69) is 17.3 Å². The van der Waals surface area contributed by atoms with Gasteiger partial charge in [0.15, 0.2) is 0 Å². The van der Waals surface area contributed by atoms with Gasteiger partial charge in [0.2, 0.25) is 5.91 Å². The molecular weight excluding hydrogens is 316 g/mol. The second kappa shape index (κ2) is 8.14. The van der Waals surface area contributed by atoms with E-state index >= 15 is 0 Å². The van der Waals surface area contributed by atoms with Gasteiger partial charge < -0.3 is 19.7 Å². The van der Waals surface area contributed by atoms with Crippen molar-refractivity contribution in [3.8, 4) is 5.75 Å². The molecule has 1 amide bonds. The lowest BCUT2D eigenvalue weighted by Crippen LogP contribution is -2.35. The molecule has 0 radical (unpaired) electrons. The molecule has 2 aromatic rings. The van der Waals surface area contributed by atoms with Crippen molar-refractivity contribution >= 4 is 11.6 Å². The van der Waals surface area contributed by atoms with Crippen LogP contribution in [0.3, 0.4) is 0 Å². The van der Waals surface area contributed by atoms with Gasteiger partial charge in [0.25, 0.3) is 0 Å². The zero-order valence-corrected chi connectivity index (χ0v) is 14.7. The number of benzene rings is 2. The summed E-state index contributed by atoms with van der Waals surface area (Å²) in [6.45, 7) is 2.61. The fourth-order valence-corrected chi connectivity index (χ4v) is 2.93. The van der Waals surface area contributed by atoms with Crippen molar-refractivity contribution in [1.29, 1.82) is 0 Å². The fourth-order valence-electron chi connectivity index (χ4n) is 2.93. The molecule has 1 fully saturated rings. The minimum atomic E-state index is -0.0466. The highest BCUT2D eigenvalue weighted by Crippen LogP contribution is 2.23. The van der Waals surface area contributed by atoms with E-state index in [9.17, 15) is 4.79 Å². The van der Waals surface area contributed by atoms with Crippen LogP contribution >= 0.6 is 0 Å². The zero-order chi connectivity index (χ0) is 17.6. The van der Waals surface area contributed by atoms with Crippen molar-refractivity contribution in [2.75, 3.05) is 39.2 Å². The van der Waals surface area contributed by atoms with E-state index < -0.39 is 0 Å². The number of ether oxygens (including phenoxy) is 2. The average Bonchev–Trinajstić information content (AvgIpc) is 2.62. The molecule has 0 aliphatic carbocycles. The first kappa shape index (κ1) is 17.5. The Hall–Kier alpha value is -2.37. The summed E-state index contributed by atoms with van der Waals surface area (Å²) in [6.07, 6.45) is 0.412. The van der Waals surface area contributed by atoms with Gasteiger partial charge in [-0.25, -0.2) is 0 Å². The van der Waals surface area contributed by atoms with E-state index in [1.54, 1.807) is 7.11 Å². The van der Waals surface area contributed by atoms with Crippen LogP contribution in [-0.4, -0.2) is 44.7 Å². The van der Waals surface area contributed by atoms with Crippen LogP contribution in [-0.2, 0) is 16.0 Å². The molecule has 0 saturated carbocycles. The first-order valence-corrected chi connectivity index (χ1v) is 8.47. The van der Waals surface area contributed by atoms with Gasteiger partial charge in [-0.1, -0.05) is 24.3 Å². The number of carbonyl (C=O) groups excluding carboxylic acids is 1. The van der Waals surface area contributed by atoms with Crippen molar-refractivity contribution < 1.29 is 14.3 Å². The summed E-state index contributed by atoms with van der Waals surface area (Å²) in [5, 5.41) is 2.94. The number of morpholine rings is 1. The summed E-state index contributed by atoms with van der Waals surface area (Å²) in [5.41, 5.74) is 2.85. The molecule has 1 unspecified atom stereocenters. The Balaban J connectivity index is 1.58. The number of hydrogen-bond acceptors (Lipinski definition) is 4. The molecule has 1 N–H and O–H groups in total. The van der Waals surface area contributed by atoms with Gasteiger partial charge in [0, 0.05) is 18.8 Å². The van der Waals surface area contributed by atoms with Crippen molar-refractivity contribution in [2.45, 2.75) is 12.5 Å². The van der Waals surface area contributed by atoms with Crippen LogP contribution in [0.15, 0.2) is 48.5 Å². The van der Waals surface area contributed by atoms with E-state index in [0.717, 1.165) is 42.3 Å². The van der Waals surface area contributed by atoms with Gasteiger partial charge >= 0.3 is 0 Å². The molecule has 3 rings (SSSR count). The topological polar surface area (TPSA) is 50.8 Å². The summed E-state index contributed by atoms with van der Waals surface area (Å²) in [7, 11) is 3.72. The Kier molecular flexibility index (Phi) is 5.68. The SMILES string of the molecule is COc1cccc(CC(=O)Nc2ccc(C3CN(C)CCO3)cc2)c1. The van der Waals surface area contributed by atoms with E-state index in [1.807, 2.05) is 48.5 Å². The summed E-state index contributed by atoms with van der Waals surface area (Å²) in [6, 6.07) is 15.4. The molecule has 1 aliphatic heterocycles. The Bertz CT molecular complexity index is 715. The van der Waals surface area contributed by atoms with Gasteiger partial charge in [0.1, 0.15) is 5.75 Å². The summed E-state index contributed by atoms with van der Waals surface area (Å²) in [5.74, 6) is 0.710. The smallest absolute Gasteiger partial charge is 0.228 e. The maximum absolute atomic E-state index is 12.2. The van der Waals surface area contributed by atoms with Crippen LogP contribution in [0.25, 0.3) is 0 Å². The van der Waals surface area contributed by atoms with Crippen molar-refractivity contribution in [1.82, 2.24) is 4.90 Å². The lowest BCUT2D eigenvalue weighted by Gasteiger charge is -2.30. The largest absolute Gasteiger partial charge is 0.497 e. The van der Waals surface area contributed by atoms with Crippen LogP contribution in [0.2, 0.25) is 0 Å². The van der Waals surface area contributed by atoms with E-state index in [-0.39, 0.29) is 12.0 Å². The molecule has 2 aromatic carbocycles. The Labute approximate surface area is 148 Å². The number of nitrogens with zero attached hydrogens (tertiary/aromatic N) is 1. The second-order valence-electron chi connectivity index (χ2n) is 6.32. The third-order valence-electron chi connectivity index (χ3n) is 4.33. The number of anilines is 1. The minimum Gasteiger partial charge on any atom is -0.497 e. The highest BCUT2D eigenvalue weighted by molar-refractivity contribution is 5.92. The molecule has 25 heavy (non-hydrogen) atoms. The number of likely N-dealkylation sites (N-methyl/N-ethyl adjacent to an activating group) is 1. The Morgan fingerprint density at radius 3 is 2.80 bits per heavy atom. The van der Waals surface area contributed by atoms with Crippen molar-refractivity contribution in [3.63, 3.8) is 0 Å². The number of rotatable bonds is 5. The first-order valence-electron chi connectivity index (χ1n) is 8.47. The maximum atomic E-state index is 12.2. The molecular formula is C20H24N2O3. The van der Waals surface area contributed by atoms with Crippen molar-refractivity contribution in [3.05, 3.63) is 59.7 Å². The van der Waals surface area contributed by atoms with Gasteiger partial charge in [-0.15, -0.1) is 0 Å². The number of amides is 1. The molecule has 1 saturated heterocycles. The lowest BCUT2D eigenvalue weighted by atomic mass is 10.1. The Morgan fingerprint density at radius 1 is 1.28 bits per heavy atom. The monoisotopic (exact) mass is 340 g/mol. The van der Waals surface area contributed by atoms with Crippen LogP contribution < -0.4 is 10.1 Å². The standard InChI is InChI=1S/C20H24N2O3/c1-22-10-11-25-19(14-22)16-6-8-17(9-7-16)21-20(23)13-15-4-3-5-18(12-15)24-2/h3-9,12,19H,10-11,13-14H2,1-2H3,(H,21,23). The predicted octanol–water partition coefficient (Wildman–Crippen LogP) is 2.88. The quantitative estimate of drug-likeness (QED) is 0.909. The molecule has 5 heteroatoms. The van der Waals surface area contributed by atoms with Crippen molar-refractivity contribution in [2.24, 2.45) is 0 Å². The predicted molar refractivity (Wildman–Crippen MR) is 98.0 cm³/mol. The highest BCUT2D eigenvalue weighted by atomic mass is 16.5. The molecule has 5 nitrogen and oxygen atoms in total. The maximum Gasteiger partial charge on any atom is 0.228 e. The number of methoxy groups -OCH3 is 1. The molecule has 1 heterocycles.